The second kappa shape index (κ2) is 5.23. The SMILES string of the molecule is COC(C)(C)CC(=O)Cc1ccc(Br)s1. The van der Waals surface area contributed by atoms with Gasteiger partial charge in [0.1, 0.15) is 5.78 Å². The maximum absolute atomic E-state index is 11.7. The van der Waals surface area contributed by atoms with Crippen molar-refractivity contribution in [2.75, 3.05) is 7.11 Å². The molecule has 0 N–H and O–H groups in total. The Morgan fingerprint density at radius 3 is 2.67 bits per heavy atom. The largest absolute Gasteiger partial charge is 0.378 e. The fourth-order valence-corrected chi connectivity index (χ4v) is 2.76. The maximum Gasteiger partial charge on any atom is 0.140 e. The van der Waals surface area contributed by atoms with E-state index >= 15 is 0 Å². The van der Waals surface area contributed by atoms with E-state index in [-0.39, 0.29) is 11.4 Å². The molecule has 0 atom stereocenters. The second-order valence-electron chi connectivity index (χ2n) is 4.06. The van der Waals surface area contributed by atoms with Crippen LogP contribution < -0.4 is 0 Å². The lowest BCUT2D eigenvalue weighted by Gasteiger charge is -2.21. The van der Waals surface area contributed by atoms with Crippen molar-refractivity contribution in [3.63, 3.8) is 0 Å². The van der Waals surface area contributed by atoms with Crippen LogP contribution in [-0.2, 0) is 16.0 Å². The first-order valence-corrected chi connectivity index (χ1v) is 6.35. The Morgan fingerprint density at radius 1 is 1.53 bits per heavy atom. The van der Waals surface area contributed by atoms with Crippen LogP contribution >= 0.6 is 27.3 Å². The van der Waals surface area contributed by atoms with Crippen LogP contribution in [0.15, 0.2) is 15.9 Å². The molecule has 1 aromatic rings. The van der Waals surface area contributed by atoms with Crippen LogP contribution in [0.2, 0.25) is 0 Å². The number of hydrogen-bond donors (Lipinski definition) is 0. The van der Waals surface area contributed by atoms with Gasteiger partial charge in [-0.15, -0.1) is 11.3 Å². The zero-order chi connectivity index (χ0) is 11.5. The van der Waals surface area contributed by atoms with Crippen LogP contribution in [0, 0.1) is 0 Å². The molecule has 1 rings (SSSR count). The van der Waals surface area contributed by atoms with Crippen molar-refractivity contribution in [3.05, 3.63) is 20.8 Å². The van der Waals surface area contributed by atoms with Crippen molar-refractivity contribution in [1.82, 2.24) is 0 Å². The molecule has 84 valence electrons. The van der Waals surface area contributed by atoms with Gasteiger partial charge in [0.15, 0.2) is 0 Å². The highest BCUT2D eigenvalue weighted by atomic mass is 79.9. The van der Waals surface area contributed by atoms with Gasteiger partial charge in [0.25, 0.3) is 0 Å². The molecule has 4 heteroatoms. The van der Waals surface area contributed by atoms with E-state index < -0.39 is 0 Å². The Labute approximate surface area is 103 Å². The summed E-state index contributed by atoms with van der Waals surface area (Å²) in [5, 5.41) is 0. The van der Waals surface area contributed by atoms with Crippen molar-refractivity contribution in [3.8, 4) is 0 Å². The topological polar surface area (TPSA) is 26.3 Å². The number of rotatable bonds is 5. The first-order valence-electron chi connectivity index (χ1n) is 4.74. The minimum absolute atomic E-state index is 0.219. The number of ketones is 1. The fourth-order valence-electron chi connectivity index (χ4n) is 1.25. The minimum atomic E-state index is -0.356. The van der Waals surface area contributed by atoms with Crippen LogP contribution in [0.1, 0.15) is 25.1 Å². The summed E-state index contributed by atoms with van der Waals surface area (Å²) in [4.78, 5) is 12.8. The molecule has 0 aliphatic carbocycles. The van der Waals surface area contributed by atoms with Crippen LogP contribution in [0.25, 0.3) is 0 Å². The predicted molar refractivity (Wildman–Crippen MR) is 66.4 cm³/mol. The van der Waals surface area contributed by atoms with Gasteiger partial charge in [0.2, 0.25) is 0 Å². The Morgan fingerprint density at radius 2 is 2.20 bits per heavy atom. The molecular formula is C11H15BrO2S. The Hall–Kier alpha value is -0.190. The van der Waals surface area contributed by atoms with Crippen LogP contribution in [0.3, 0.4) is 0 Å². The van der Waals surface area contributed by atoms with Gasteiger partial charge in [0, 0.05) is 24.8 Å². The van der Waals surface area contributed by atoms with Crippen LogP contribution in [0.5, 0.6) is 0 Å². The van der Waals surface area contributed by atoms with E-state index in [4.69, 9.17) is 4.74 Å². The summed E-state index contributed by atoms with van der Waals surface area (Å²) >= 11 is 4.98. The van der Waals surface area contributed by atoms with Crippen molar-refractivity contribution >= 4 is 33.0 Å². The zero-order valence-electron chi connectivity index (χ0n) is 9.17. The molecule has 0 amide bonds. The molecule has 0 saturated carbocycles. The summed E-state index contributed by atoms with van der Waals surface area (Å²) in [5.74, 6) is 0.219. The van der Waals surface area contributed by atoms with Crippen molar-refractivity contribution in [2.45, 2.75) is 32.3 Å². The van der Waals surface area contributed by atoms with Crippen LogP contribution in [0.4, 0.5) is 0 Å². The number of carbonyl (C=O) groups excluding carboxylic acids is 1. The smallest absolute Gasteiger partial charge is 0.140 e. The lowest BCUT2D eigenvalue weighted by Crippen LogP contribution is -2.26. The van der Waals surface area contributed by atoms with Crippen molar-refractivity contribution in [2.24, 2.45) is 0 Å². The maximum atomic E-state index is 11.7. The second-order valence-corrected chi connectivity index (χ2v) is 6.61. The number of thiophene rings is 1. The highest BCUT2D eigenvalue weighted by molar-refractivity contribution is 9.11. The molecule has 2 nitrogen and oxygen atoms in total. The Bertz CT molecular complexity index is 344. The number of carbonyl (C=O) groups is 1. The summed E-state index contributed by atoms with van der Waals surface area (Å²) in [6.45, 7) is 3.85. The monoisotopic (exact) mass is 290 g/mol. The van der Waals surface area contributed by atoms with E-state index in [1.165, 1.54) is 0 Å². The van der Waals surface area contributed by atoms with Gasteiger partial charge in [-0.3, -0.25) is 4.79 Å². The summed E-state index contributed by atoms with van der Waals surface area (Å²) in [7, 11) is 1.63. The molecule has 0 spiro atoms. The van der Waals surface area contributed by atoms with E-state index in [0.717, 1.165) is 8.66 Å². The van der Waals surface area contributed by atoms with Gasteiger partial charge in [-0.05, 0) is 41.9 Å². The van der Waals surface area contributed by atoms with Crippen LogP contribution in [-0.4, -0.2) is 18.5 Å². The standard InChI is InChI=1S/C11H15BrO2S/c1-11(2,14-3)7-8(13)6-9-4-5-10(12)15-9/h4-5H,6-7H2,1-3H3. The summed E-state index contributed by atoms with van der Waals surface area (Å²) < 4.78 is 6.29. The molecule has 0 radical (unpaired) electrons. The number of ether oxygens (including phenoxy) is 1. The molecule has 1 heterocycles. The normalized spacial score (nSPS) is 11.7. The number of methoxy groups -OCH3 is 1. The van der Waals surface area contributed by atoms with Gasteiger partial charge >= 0.3 is 0 Å². The van der Waals surface area contributed by atoms with Gasteiger partial charge in [0.05, 0.1) is 9.39 Å². The van der Waals surface area contributed by atoms with Gasteiger partial charge in [-0.2, -0.15) is 0 Å². The zero-order valence-corrected chi connectivity index (χ0v) is 11.6. The lowest BCUT2D eigenvalue weighted by atomic mass is 10.00. The van der Waals surface area contributed by atoms with E-state index in [2.05, 4.69) is 15.9 Å². The van der Waals surface area contributed by atoms with E-state index in [0.29, 0.717) is 12.8 Å². The molecule has 0 fully saturated rings. The van der Waals surface area contributed by atoms with Gasteiger partial charge < -0.3 is 4.74 Å². The molecule has 0 bridgehead atoms. The molecule has 0 aliphatic rings. The number of hydrogen-bond acceptors (Lipinski definition) is 3. The van der Waals surface area contributed by atoms with Crippen molar-refractivity contribution in [1.29, 1.82) is 0 Å². The Kier molecular flexibility index (Phi) is 4.49. The van der Waals surface area contributed by atoms with Crippen molar-refractivity contribution < 1.29 is 9.53 Å². The van der Waals surface area contributed by atoms with E-state index in [9.17, 15) is 4.79 Å². The highest BCUT2D eigenvalue weighted by Crippen LogP contribution is 2.23. The summed E-state index contributed by atoms with van der Waals surface area (Å²) in [5.41, 5.74) is -0.356. The third kappa shape index (κ3) is 4.45. The predicted octanol–water partition coefficient (Wildman–Crippen LogP) is 3.44. The highest BCUT2D eigenvalue weighted by Gasteiger charge is 2.21. The lowest BCUT2D eigenvalue weighted by molar-refractivity contribution is -0.123. The van der Waals surface area contributed by atoms with E-state index in [1.54, 1.807) is 18.4 Å². The average molecular weight is 291 g/mol. The summed E-state index contributed by atoms with van der Waals surface area (Å²) in [6.07, 6.45) is 0.960. The first-order chi connectivity index (χ1) is 6.93. The van der Waals surface area contributed by atoms with E-state index in [1.807, 2.05) is 26.0 Å². The number of Topliss-reactive ketones (excluding diaryl/α,β-unsaturated/α-hetero) is 1. The van der Waals surface area contributed by atoms with Gasteiger partial charge in [-0.1, -0.05) is 0 Å². The molecule has 0 unspecified atom stereocenters. The molecule has 0 aliphatic heterocycles. The summed E-state index contributed by atoms with van der Waals surface area (Å²) in [6, 6.07) is 3.95. The van der Waals surface area contributed by atoms with Gasteiger partial charge in [-0.25, -0.2) is 0 Å². The quantitative estimate of drug-likeness (QED) is 0.830. The average Bonchev–Trinajstić information content (AvgIpc) is 2.50. The molecule has 15 heavy (non-hydrogen) atoms. The number of halogens is 1. The third-order valence-electron chi connectivity index (χ3n) is 2.18. The molecule has 0 saturated heterocycles. The minimum Gasteiger partial charge on any atom is -0.378 e. The third-order valence-corrected chi connectivity index (χ3v) is 3.80. The Balaban J connectivity index is 2.50. The molecular weight excluding hydrogens is 276 g/mol. The molecule has 1 aromatic heterocycles. The fraction of sp³-hybridized carbons (Fsp3) is 0.545. The first kappa shape index (κ1) is 12.9. The molecule has 0 aromatic carbocycles.